The number of rotatable bonds is 3. The first-order valence-electron chi connectivity index (χ1n) is 4.85. The van der Waals surface area contributed by atoms with Crippen LogP contribution in [-0.4, -0.2) is 55.8 Å². The molecule has 1 saturated heterocycles. The van der Waals surface area contributed by atoms with Gasteiger partial charge in [0.05, 0.1) is 6.10 Å². The van der Waals surface area contributed by atoms with Crippen LogP contribution in [0.1, 0.15) is 6.42 Å². The van der Waals surface area contributed by atoms with E-state index in [9.17, 15) is 30.4 Å². The molecule has 13 heteroatoms. The van der Waals surface area contributed by atoms with Crippen LogP contribution in [0.15, 0.2) is 0 Å². The maximum Gasteiger partial charge on any atom is 0.490 e. The zero-order chi connectivity index (χ0) is 16.1. The Balaban J connectivity index is 0.000000441. The maximum absolute atomic E-state index is 11.7. The molecule has 1 fully saturated rings. The van der Waals surface area contributed by atoms with Gasteiger partial charge in [-0.05, 0) is 6.42 Å². The third-order valence-corrected chi connectivity index (χ3v) is 3.06. The van der Waals surface area contributed by atoms with Crippen LogP contribution in [-0.2, 0) is 19.7 Å². The first kappa shape index (κ1) is 18.9. The average Bonchev–Trinajstić information content (AvgIpc) is 2.63. The van der Waals surface area contributed by atoms with Gasteiger partial charge in [0.25, 0.3) is 10.2 Å². The predicted molar refractivity (Wildman–Crippen MR) is 53.9 cm³/mol. The third-order valence-electron chi connectivity index (χ3n) is 2.01. The summed E-state index contributed by atoms with van der Waals surface area (Å²) in [6.45, 7) is -2.83. The van der Waals surface area contributed by atoms with E-state index in [2.05, 4.69) is 4.74 Å². The number of carbonyl (C=O) groups is 1. The summed E-state index contributed by atoms with van der Waals surface area (Å²) in [4.78, 5) is 8.90. The van der Waals surface area contributed by atoms with Gasteiger partial charge in [0.2, 0.25) is 0 Å². The SMILES string of the molecule is NS(=O)(=O)N1CCC(OC(F)F)C1.O=C(O)C(F)(F)F. The van der Waals surface area contributed by atoms with Gasteiger partial charge < -0.3 is 9.84 Å². The summed E-state index contributed by atoms with van der Waals surface area (Å²) in [6, 6.07) is 0. The van der Waals surface area contributed by atoms with Crippen molar-refractivity contribution in [2.45, 2.75) is 25.3 Å². The van der Waals surface area contributed by atoms with E-state index in [1.807, 2.05) is 0 Å². The number of hydrogen-bond acceptors (Lipinski definition) is 4. The zero-order valence-electron chi connectivity index (χ0n) is 9.68. The molecule has 0 spiro atoms. The number of nitrogens with two attached hydrogens (primary N) is 1. The van der Waals surface area contributed by atoms with Gasteiger partial charge in [-0.3, -0.25) is 0 Å². The predicted octanol–water partition coefficient (Wildman–Crippen LogP) is 0.137. The summed E-state index contributed by atoms with van der Waals surface area (Å²) in [5, 5.41) is 11.9. The van der Waals surface area contributed by atoms with E-state index < -0.39 is 35.1 Å². The topological polar surface area (TPSA) is 110 Å². The normalized spacial score (nSPS) is 20.6. The van der Waals surface area contributed by atoms with Gasteiger partial charge in [0, 0.05) is 13.1 Å². The van der Waals surface area contributed by atoms with Crippen molar-refractivity contribution in [2.75, 3.05) is 13.1 Å². The van der Waals surface area contributed by atoms with Crippen LogP contribution < -0.4 is 5.14 Å². The van der Waals surface area contributed by atoms with Crippen LogP contribution in [0.2, 0.25) is 0 Å². The summed E-state index contributed by atoms with van der Waals surface area (Å²) in [5.74, 6) is -2.76. The molecule has 0 aromatic carbocycles. The second-order valence-electron chi connectivity index (χ2n) is 3.51. The molecule has 20 heavy (non-hydrogen) atoms. The average molecular weight is 330 g/mol. The van der Waals surface area contributed by atoms with Gasteiger partial charge in [-0.15, -0.1) is 0 Å². The molecule has 1 unspecified atom stereocenters. The number of ether oxygens (including phenoxy) is 1. The number of carboxylic acid groups (broad SMARTS) is 1. The van der Waals surface area contributed by atoms with Crippen molar-refractivity contribution in [3.05, 3.63) is 0 Å². The summed E-state index contributed by atoms with van der Waals surface area (Å²) >= 11 is 0. The minimum atomic E-state index is -5.08. The van der Waals surface area contributed by atoms with Gasteiger partial charge in [-0.2, -0.15) is 34.7 Å². The number of aliphatic carboxylic acids is 1. The van der Waals surface area contributed by atoms with Gasteiger partial charge in [0.15, 0.2) is 0 Å². The second kappa shape index (κ2) is 7.10. The Morgan fingerprint density at radius 2 is 1.85 bits per heavy atom. The standard InChI is InChI=1S/C5H10F2N2O3S.C2HF3O2/c6-5(7)12-4-1-2-9(3-4)13(8,10)11;3-2(4,5)1(6)7/h4-5H,1-3H2,(H2,8,10,11);(H,6,7). The van der Waals surface area contributed by atoms with Gasteiger partial charge in [-0.1, -0.05) is 0 Å². The Morgan fingerprint density at radius 1 is 1.40 bits per heavy atom. The quantitative estimate of drug-likeness (QED) is 0.715. The molecule has 7 nitrogen and oxygen atoms in total. The van der Waals surface area contributed by atoms with Crippen molar-refractivity contribution in [3.63, 3.8) is 0 Å². The first-order valence-corrected chi connectivity index (χ1v) is 6.36. The maximum atomic E-state index is 11.7. The fourth-order valence-corrected chi connectivity index (χ4v) is 1.92. The number of nitrogens with zero attached hydrogens (tertiary/aromatic N) is 1. The Morgan fingerprint density at radius 3 is 2.10 bits per heavy atom. The molecule has 0 radical (unpaired) electrons. The molecule has 1 rings (SSSR count). The van der Waals surface area contributed by atoms with Gasteiger partial charge >= 0.3 is 18.8 Å². The first-order chi connectivity index (χ1) is 8.84. The van der Waals surface area contributed by atoms with E-state index in [1.54, 1.807) is 0 Å². The van der Waals surface area contributed by atoms with Gasteiger partial charge in [-0.25, -0.2) is 9.93 Å². The molecule has 1 atom stereocenters. The molecule has 0 saturated carbocycles. The minimum absolute atomic E-state index is 0.0941. The van der Waals surface area contributed by atoms with Crippen LogP contribution in [0.5, 0.6) is 0 Å². The Kier molecular flexibility index (Phi) is 6.73. The highest BCUT2D eigenvalue weighted by Crippen LogP contribution is 2.16. The van der Waals surface area contributed by atoms with Crippen LogP contribution >= 0.6 is 0 Å². The molecular weight excluding hydrogens is 319 g/mol. The van der Waals surface area contributed by atoms with Crippen molar-refractivity contribution in [2.24, 2.45) is 5.14 Å². The number of hydrogen-bond donors (Lipinski definition) is 2. The van der Waals surface area contributed by atoms with Crippen LogP contribution in [0.3, 0.4) is 0 Å². The largest absolute Gasteiger partial charge is 0.490 e. The number of halogens is 5. The van der Waals surface area contributed by atoms with Crippen molar-refractivity contribution >= 4 is 16.2 Å². The highest BCUT2D eigenvalue weighted by Gasteiger charge is 2.38. The zero-order valence-corrected chi connectivity index (χ0v) is 10.5. The van der Waals surface area contributed by atoms with Crippen molar-refractivity contribution < 1.29 is 45.0 Å². The van der Waals surface area contributed by atoms with E-state index in [0.717, 1.165) is 4.31 Å². The highest BCUT2D eigenvalue weighted by molar-refractivity contribution is 7.86. The van der Waals surface area contributed by atoms with E-state index in [1.165, 1.54) is 0 Å². The van der Waals surface area contributed by atoms with Crippen LogP contribution in [0, 0.1) is 0 Å². The lowest BCUT2D eigenvalue weighted by molar-refractivity contribution is -0.192. The van der Waals surface area contributed by atoms with E-state index in [-0.39, 0.29) is 19.5 Å². The molecule has 0 aromatic heterocycles. The molecule has 3 N–H and O–H groups in total. The van der Waals surface area contributed by atoms with Crippen molar-refractivity contribution in [1.29, 1.82) is 0 Å². The molecule has 0 aliphatic carbocycles. The van der Waals surface area contributed by atoms with Crippen molar-refractivity contribution in [3.8, 4) is 0 Å². The van der Waals surface area contributed by atoms with Crippen LogP contribution in [0.25, 0.3) is 0 Å². The van der Waals surface area contributed by atoms with E-state index in [4.69, 9.17) is 15.0 Å². The second-order valence-corrected chi connectivity index (χ2v) is 5.06. The summed E-state index contributed by atoms with van der Waals surface area (Å²) in [5.41, 5.74) is 0. The fraction of sp³-hybridized carbons (Fsp3) is 0.857. The minimum Gasteiger partial charge on any atom is -0.475 e. The van der Waals surface area contributed by atoms with E-state index in [0.29, 0.717) is 0 Å². The highest BCUT2D eigenvalue weighted by atomic mass is 32.2. The Labute approximate surface area is 110 Å². The lowest BCUT2D eigenvalue weighted by Gasteiger charge is -2.12. The molecule has 1 aliphatic rings. The monoisotopic (exact) mass is 330 g/mol. The Bertz CT molecular complexity index is 426. The number of alkyl halides is 5. The molecule has 120 valence electrons. The fourth-order valence-electron chi connectivity index (χ4n) is 1.19. The molecule has 1 aliphatic heterocycles. The summed E-state index contributed by atoms with van der Waals surface area (Å²) in [7, 11) is -3.76. The third kappa shape index (κ3) is 7.52. The van der Waals surface area contributed by atoms with E-state index >= 15 is 0 Å². The lowest BCUT2D eigenvalue weighted by Crippen LogP contribution is -2.35. The van der Waals surface area contributed by atoms with Gasteiger partial charge in [0.1, 0.15) is 0 Å². The van der Waals surface area contributed by atoms with Crippen molar-refractivity contribution in [1.82, 2.24) is 4.31 Å². The summed E-state index contributed by atoms with van der Waals surface area (Å²) in [6.07, 6.45) is -5.58. The molecular formula is C7H11F5N2O5S. The smallest absolute Gasteiger partial charge is 0.475 e. The molecule has 0 amide bonds. The molecule has 0 bridgehead atoms. The lowest BCUT2D eigenvalue weighted by atomic mass is 10.3. The Hall–Kier alpha value is -1.05. The summed E-state index contributed by atoms with van der Waals surface area (Å²) < 4.78 is 81.6. The van der Waals surface area contributed by atoms with Crippen LogP contribution in [0.4, 0.5) is 22.0 Å². The molecule has 0 aromatic rings. The molecule has 1 heterocycles. The number of carboxylic acids is 1.